The summed E-state index contributed by atoms with van der Waals surface area (Å²) in [4.78, 5) is 15.4. The van der Waals surface area contributed by atoms with Crippen molar-refractivity contribution >= 4 is 34.6 Å². The van der Waals surface area contributed by atoms with Crippen molar-refractivity contribution in [2.75, 3.05) is 10.7 Å². The first-order valence-corrected chi connectivity index (χ1v) is 12.0. The van der Waals surface area contributed by atoms with Crippen molar-refractivity contribution in [1.29, 1.82) is 5.26 Å². The molecule has 4 rings (SSSR count). The van der Waals surface area contributed by atoms with Crippen LogP contribution in [0.4, 0.5) is 5.69 Å². The van der Waals surface area contributed by atoms with Gasteiger partial charge in [0.15, 0.2) is 5.78 Å². The van der Waals surface area contributed by atoms with Crippen LogP contribution in [0.2, 0.25) is 0 Å². The predicted octanol–water partition coefficient (Wildman–Crippen LogP) is 5.80. The Morgan fingerprint density at radius 3 is 2.67 bits per heavy atom. The molecule has 0 saturated heterocycles. The van der Waals surface area contributed by atoms with Gasteiger partial charge in [0.2, 0.25) is 0 Å². The zero-order valence-electron chi connectivity index (χ0n) is 17.4. The number of anilines is 1. The Kier molecular flexibility index (Phi) is 5.52. The number of hydrogen-bond donors (Lipinski definition) is 1. The summed E-state index contributed by atoms with van der Waals surface area (Å²) in [6, 6.07) is 14.2. The van der Waals surface area contributed by atoms with Crippen LogP contribution in [0.15, 0.2) is 68.7 Å². The summed E-state index contributed by atoms with van der Waals surface area (Å²) in [6.45, 7) is 6.35. The highest BCUT2D eigenvalue weighted by Crippen LogP contribution is 2.52. The van der Waals surface area contributed by atoms with Crippen LogP contribution in [0.1, 0.15) is 45.1 Å². The fraction of sp³-hybridized carbons (Fsp3) is 0.333. The average molecular weight is 436 g/mol. The number of para-hydroxylation sites is 1. The Morgan fingerprint density at radius 2 is 2.00 bits per heavy atom. The van der Waals surface area contributed by atoms with E-state index >= 15 is 0 Å². The Hall–Kier alpha value is -2.49. The predicted molar refractivity (Wildman–Crippen MR) is 124 cm³/mol. The third-order valence-electron chi connectivity index (χ3n) is 5.64. The second kappa shape index (κ2) is 7.98. The van der Waals surface area contributed by atoms with Crippen molar-refractivity contribution in [3.05, 3.63) is 70.0 Å². The molecule has 0 unspecified atom stereocenters. The Labute approximate surface area is 186 Å². The van der Waals surface area contributed by atoms with Gasteiger partial charge in [-0.25, -0.2) is 0 Å². The third-order valence-corrected chi connectivity index (χ3v) is 7.79. The van der Waals surface area contributed by atoms with Crippen LogP contribution in [0.3, 0.4) is 0 Å². The topological polar surface area (TPSA) is 70.1 Å². The van der Waals surface area contributed by atoms with Gasteiger partial charge in [0.1, 0.15) is 5.82 Å². The minimum atomic E-state index is -0.395. The lowest BCUT2D eigenvalue weighted by Crippen LogP contribution is -2.42. The van der Waals surface area contributed by atoms with Crippen molar-refractivity contribution in [3.8, 4) is 6.07 Å². The van der Waals surface area contributed by atoms with Crippen molar-refractivity contribution in [2.24, 2.45) is 11.1 Å². The number of thiophene rings is 1. The van der Waals surface area contributed by atoms with Crippen LogP contribution in [0, 0.1) is 16.7 Å². The number of ketones is 1. The highest BCUT2D eigenvalue weighted by atomic mass is 32.2. The lowest BCUT2D eigenvalue weighted by molar-refractivity contribution is -0.118. The molecule has 0 amide bonds. The number of carbonyl (C=O) groups is 1. The number of allylic oxidation sites excluding steroid dienone is 3. The van der Waals surface area contributed by atoms with E-state index in [2.05, 4.69) is 26.8 Å². The highest BCUT2D eigenvalue weighted by molar-refractivity contribution is 8.01. The number of thioether (sulfide) groups is 1. The summed E-state index contributed by atoms with van der Waals surface area (Å²) in [7, 11) is 0. The summed E-state index contributed by atoms with van der Waals surface area (Å²) >= 11 is 3.41. The van der Waals surface area contributed by atoms with E-state index in [0.29, 0.717) is 17.8 Å². The van der Waals surface area contributed by atoms with E-state index in [4.69, 9.17) is 5.73 Å². The molecule has 0 fully saturated rings. The SMILES string of the molecule is CCSc1sccc1[C@H]1C(C#N)=C(N)N(c2ccccc2)C2=C1C(=O)CC(C)(C)C2. The van der Waals surface area contributed by atoms with E-state index in [1.54, 1.807) is 23.1 Å². The molecule has 30 heavy (non-hydrogen) atoms. The molecule has 2 aliphatic rings. The van der Waals surface area contributed by atoms with E-state index in [1.807, 2.05) is 46.7 Å². The summed E-state index contributed by atoms with van der Waals surface area (Å²) in [6.07, 6.45) is 1.21. The van der Waals surface area contributed by atoms with Crippen molar-refractivity contribution in [3.63, 3.8) is 0 Å². The van der Waals surface area contributed by atoms with Crippen LogP contribution >= 0.6 is 23.1 Å². The fourth-order valence-electron chi connectivity index (χ4n) is 4.46. The molecular weight excluding hydrogens is 410 g/mol. The third kappa shape index (κ3) is 3.46. The van der Waals surface area contributed by atoms with E-state index in [1.165, 1.54) is 0 Å². The highest BCUT2D eigenvalue weighted by Gasteiger charge is 2.45. The molecule has 0 saturated carbocycles. The lowest BCUT2D eigenvalue weighted by atomic mass is 9.69. The summed E-state index contributed by atoms with van der Waals surface area (Å²) < 4.78 is 1.15. The maximum atomic E-state index is 13.5. The van der Waals surface area contributed by atoms with E-state index in [-0.39, 0.29) is 11.2 Å². The quantitative estimate of drug-likeness (QED) is 0.615. The van der Waals surface area contributed by atoms with Gasteiger partial charge >= 0.3 is 0 Å². The summed E-state index contributed by atoms with van der Waals surface area (Å²) in [5, 5.41) is 12.2. The van der Waals surface area contributed by atoms with Crippen molar-refractivity contribution in [2.45, 2.75) is 43.7 Å². The van der Waals surface area contributed by atoms with Gasteiger partial charge in [-0.3, -0.25) is 9.69 Å². The smallest absolute Gasteiger partial charge is 0.162 e. The van der Waals surface area contributed by atoms with Gasteiger partial charge in [0, 0.05) is 23.4 Å². The van der Waals surface area contributed by atoms with Crippen LogP contribution in [0.5, 0.6) is 0 Å². The lowest BCUT2D eigenvalue weighted by Gasteiger charge is -2.43. The molecule has 1 aromatic heterocycles. The number of Topliss-reactive ketones (excluding diaryl/α,β-unsaturated/α-hetero) is 1. The minimum Gasteiger partial charge on any atom is -0.384 e. The molecule has 1 aliphatic carbocycles. The van der Waals surface area contributed by atoms with Gasteiger partial charge in [-0.1, -0.05) is 39.0 Å². The first kappa shape index (κ1) is 20.8. The Morgan fingerprint density at radius 1 is 1.27 bits per heavy atom. The van der Waals surface area contributed by atoms with E-state index in [9.17, 15) is 10.1 Å². The van der Waals surface area contributed by atoms with Crippen LogP contribution in [0.25, 0.3) is 0 Å². The number of nitriles is 1. The number of carbonyl (C=O) groups excluding carboxylic acids is 1. The van der Waals surface area contributed by atoms with Crippen LogP contribution in [-0.4, -0.2) is 11.5 Å². The van der Waals surface area contributed by atoms with Crippen LogP contribution < -0.4 is 10.6 Å². The number of benzene rings is 1. The first-order chi connectivity index (χ1) is 14.4. The molecule has 0 radical (unpaired) electrons. The summed E-state index contributed by atoms with van der Waals surface area (Å²) in [5.74, 6) is 1.08. The molecule has 2 aromatic rings. The molecule has 6 heteroatoms. The maximum absolute atomic E-state index is 13.5. The Bertz CT molecular complexity index is 1090. The Balaban J connectivity index is 1.99. The van der Waals surface area contributed by atoms with E-state index < -0.39 is 5.92 Å². The largest absolute Gasteiger partial charge is 0.384 e. The summed E-state index contributed by atoms with van der Waals surface area (Å²) in [5.41, 5.74) is 10.5. The average Bonchev–Trinajstić information content (AvgIpc) is 3.15. The molecule has 1 aliphatic heterocycles. The molecule has 0 bridgehead atoms. The zero-order chi connectivity index (χ0) is 21.5. The second-order valence-corrected chi connectivity index (χ2v) is 10.9. The van der Waals surface area contributed by atoms with Gasteiger partial charge in [-0.15, -0.1) is 23.1 Å². The molecule has 0 spiro atoms. The fourth-order valence-corrected chi connectivity index (χ4v) is 6.53. The number of rotatable bonds is 4. The normalized spacial score (nSPS) is 20.9. The molecule has 154 valence electrons. The van der Waals surface area contributed by atoms with Crippen molar-refractivity contribution in [1.82, 2.24) is 0 Å². The molecule has 2 N–H and O–H groups in total. The molecule has 4 nitrogen and oxygen atoms in total. The van der Waals surface area contributed by atoms with Gasteiger partial charge in [0.25, 0.3) is 0 Å². The monoisotopic (exact) mass is 435 g/mol. The molecular formula is C24H25N3OS2. The second-order valence-electron chi connectivity index (χ2n) is 8.41. The molecule has 1 atom stereocenters. The van der Waals surface area contributed by atoms with Gasteiger partial charge < -0.3 is 5.73 Å². The van der Waals surface area contributed by atoms with Gasteiger partial charge in [-0.2, -0.15) is 5.26 Å². The first-order valence-electron chi connectivity index (χ1n) is 10.1. The number of nitrogens with two attached hydrogens (primary N) is 1. The van der Waals surface area contributed by atoms with Gasteiger partial charge in [-0.05, 0) is 46.7 Å². The maximum Gasteiger partial charge on any atom is 0.162 e. The number of hydrogen-bond acceptors (Lipinski definition) is 6. The minimum absolute atomic E-state index is 0.117. The standard InChI is InChI=1S/C24H25N3OS2/c1-4-29-23-16(10-11-30-23)20-17(14-25)22(26)27(15-8-6-5-7-9-15)18-12-24(2,3)13-19(28)21(18)20/h5-11,20H,4,12-13,26H2,1-3H3/t20-/m0/s1. The zero-order valence-corrected chi connectivity index (χ0v) is 19.1. The van der Waals surface area contributed by atoms with Gasteiger partial charge in [0.05, 0.1) is 21.8 Å². The number of nitrogens with zero attached hydrogens (tertiary/aromatic N) is 2. The molecule has 2 heterocycles. The van der Waals surface area contributed by atoms with Crippen molar-refractivity contribution < 1.29 is 4.79 Å². The van der Waals surface area contributed by atoms with Crippen LogP contribution in [-0.2, 0) is 4.79 Å². The molecule has 1 aromatic carbocycles. The van der Waals surface area contributed by atoms with E-state index in [0.717, 1.165) is 38.9 Å².